The third kappa shape index (κ3) is 5.65. The Kier molecular flexibility index (Phi) is 9.11. The van der Waals surface area contributed by atoms with Crippen molar-refractivity contribution >= 4 is 35.8 Å². The minimum Gasteiger partial charge on any atom is -0.356 e. The molecule has 0 aliphatic carbocycles. The number of amides is 2. The predicted molar refractivity (Wildman–Crippen MR) is 98.6 cm³/mol. The average molecular weight is 374 g/mol. The Morgan fingerprint density at radius 2 is 2.08 bits per heavy atom. The zero-order chi connectivity index (χ0) is 16.7. The summed E-state index contributed by atoms with van der Waals surface area (Å²) in [4.78, 5) is 26.1. The summed E-state index contributed by atoms with van der Waals surface area (Å²) in [5, 5.41) is 6.77. The molecule has 0 aromatic heterocycles. The topological polar surface area (TPSA) is 61.4 Å². The lowest BCUT2D eigenvalue weighted by molar-refractivity contribution is -0.136. The molecule has 1 aliphatic heterocycles. The van der Waals surface area contributed by atoms with Gasteiger partial charge in [-0.15, -0.1) is 12.4 Å². The molecule has 134 valence electrons. The summed E-state index contributed by atoms with van der Waals surface area (Å²) in [5.41, 5.74) is 0.949. The number of hydrogen-bond donors (Lipinski definition) is 2. The van der Waals surface area contributed by atoms with Gasteiger partial charge in [0.05, 0.1) is 6.04 Å². The highest BCUT2D eigenvalue weighted by Gasteiger charge is 2.29. The van der Waals surface area contributed by atoms with E-state index in [2.05, 4.69) is 10.6 Å². The summed E-state index contributed by atoms with van der Waals surface area (Å²) < 4.78 is 0. The molecule has 1 aromatic carbocycles. The Morgan fingerprint density at radius 3 is 2.79 bits per heavy atom. The van der Waals surface area contributed by atoms with Crippen LogP contribution < -0.4 is 10.6 Å². The third-order valence-corrected chi connectivity index (χ3v) is 4.31. The SMILES string of the molecule is CCCNC(=O)CCC(=O)N1CCNCC1c1ccccc1Cl.Cl. The van der Waals surface area contributed by atoms with E-state index in [1.165, 1.54) is 0 Å². The normalized spacial score (nSPS) is 17.1. The van der Waals surface area contributed by atoms with Crippen molar-refractivity contribution in [2.24, 2.45) is 0 Å². The molecule has 1 heterocycles. The van der Waals surface area contributed by atoms with Crippen molar-refractivity contribution in [1.29, 1.82) is 0 Å². The fraction of sp³-hybridized carbons (Fsp3) is 0.529. The summed E-state index contributed by atoms with van der Waals surface area (Å²) in [7, 11) is 0. The summed E-state index contributed by atoms with van der Waals surface area (Å²) >= 11 is 6.28. The van der Waals surface area contributed by atoms with Gasteiger partial charge in [-0.3, -0.25) is 9.59 Å². The summed E-state index contributed by atoms with van der Waals surface area (Å²) in [6, 6.07) is 7.52. The van der Waals surface area contributed by atoms with Crippen molar-refractivity contribution in [2.45, 2.75) is 32.2 Å². The largest absolute Gasteiger partial charge is 0.356 e. The molecular weight excluding hydrogens is 349 g/mol. The van der Waals surface area contributed by atoms with Gasteiger partial charge in [-0.05, 0) is 18.1 Å². The number of nitrogens with one attached hydrogen (secondary N) is 2. The molecular formula is C17H25Cl2N3O2. The fourth-order valence-corrected chi connectivity index (χ4v) is 3.00. The van der Waals surface area contributed by atoms with E-state index in [0.717, 1.165) is 18.5 Å². The van der Waals surface area contributed by atoms with Crippen LogP contribution in [-0.2, 0) is 9.59 Å². The van der Waals surface area contributed by atoms with Gasteiger partial charge in [-0.25, -0.2) is 0 Å². The van der Waals surface area contributed by atoms with Crippen LogP contribution in [-0.4, -0.2) is 42.9 Å². The monoisotopic (exact) mass is 373 g/mol. The molecule has 24 heavy (non-hydrogen) atoms. The maximum atomic E-state index is 12.5. The van der Waals surface area contributed by atoms with Crippen molar-refractivity contribution in [2.75, 3.05) is 26.2 Å². The highest BCUT2D eigenvalue weighted by molar-refractivity contribution is 6.31. The van der Waals surface area contributed by atoms with Crippen LogP contribution in [0.3, 0.4) is 0 Å². The van der Waals surface area contributed by atoms with Crippen molar-refractivity contribution in [3.8, 4) is 0 Å². The molecule has 1 aromatic rings. The molecule has 2 N–H and O–H groups in total. The van der Waals surface area contributed by atoms with Gasteiger partial charge >= 0.3 is 0 Å². The minimum absolute atomic E-state index is 0. The number of rotatable bonds is 6. The zero-order valence-corrected chi connectivity index (χ0v) is 15.5. The van der Waals surface area contributed by atoms with Crippen molar-refractivity contribution in [3.63, 3.8) is 0 Å². The zero-order valence-electron chi connectivity index (χ0n) is 13.9. The minimum atomic E-state index is -0.0800. The molecule has 1 fully saturated rings. The van der Waals surface area contributed by atoms with Crippen LogP contribution in [0, 0.1) is 0 Å². The second-order valence-corrected chi connectivity index (χ2v) is 6.09. The lowest BCUT2D eigenvalue weighted by Gasteiger charge is -2.37. The summed E-state index contributed by atoms with van der Waals surface area (Å²) in [5.74, 6) is -0.0623. The Bertz CT molecular complexity index is 554. The van der Waals surface area contributed by atoms with Crippen LogP contribution in [0.15, 0.2) is 24.3 Å². The van der Waals surface area contributed by atoms with E-state index in [1.807, 2.05) is 36.1 Å². The number of carbonyl (C=O) groups is 2. The Labute approximate surface area is 154 Å². The van der Waals surface area contributed by atoms with Gasteiger partial charge in [0.1, 0.15) is 0 Å². The van der Waals surface area contributed by atoms with E-state index >= 15 is 0 Å². The van der Waals surface area contributed by atoms with Crippen LogP contribution in [0.5, 0.6) is 0 Å². The highest BCUT2D eigenvalue weighted by Crippen LogP contribution is 2.28. The van der Waals surface area contributed by atoms with Crippen LogP contribution in [0.1, 0.15) is 37.8 Å². The fourth-order valence-electron chi connectivity index (χ4n) is 2.74. The molecule has 1 saturated heterocycles. The van der Waals surface area contributed by atoms with E-state index in [-0.39, 0.29) is 43.1 Å². The number of nitrogens with zero attached hydrogens (tertiary/aromatic N) is 1. The molecule has 1 aliphatic rings. The van der Waals surface area contributed by atoms with Gasteiger partial charge in [0.2, 0.25) is 11.8 Å². The molecule has 2 amide bonds. The average Bonchev–Trinajstić information content (AvgIpc) is 2.58. The number of carbonyl (C=O) groups excluding carboxylic acids is 2. The molecule has 7 heteroatoms. The number of piperazine rings is 1. The van der Waals surface area contributed by atoms with Crippen LogP contribution >= 0.6 is 24.0 Å². The quantitative estimate of drug-likeness (QED) is 0.805. The van der Waals surface area contributed by atoms with E-state index < -0.39 is 0 Å². The Morgan fingerprint density at radius 1 is 1.33 bits per heavy atom. The van der Waals surface area contributed by atoms with E-state index in [0.29, 0.717) is 24.7 Å². The van der Waals surface area contributed by atoms with Gasteiger partial charge in [-0.2, -0.15) is 0 Å². The first kappa shape index (κ1) is 20.7. The maximum Gasteiger partial charge on any atom is 0.223 e. The van der Waals surface area contributed by atoms with Crippen LogP contribution in [0.25, 0.3) is 0 Å². The second-order valence-electron chi connectivity index (χ2n) is 5.68. The first-order chi connectivity index (χ1) is 11.1. The van der Waals surface area contributed by atoms with Gasteiger partial charge in [-0.1, -0.05) is 36.7 Å². The number of halogens is 2. The van der Waals surface area contributed by atoms with E-state index in [9.17, 15) is 9.59 Å². The molecule has 0 spiro atoms. The van der Waals surface area contributed by atoms with E-state index in [4.69, 9.17) is 11.6 Å². The van der Waals surface area contributed by atoms with Crippen LogP contribution in [0.4, 0.5) is 0 Å². The molecule has 0 radical (unpaired) electrons. The molecule has 5 nitrogen and oxygen atoms in total. The Balaban J connectivity index is 0.00000288. The standard InChI is InChI=1S/C17H24ClN3O2.ClH/c1-2-9-20-16(22)7-8-17(23)21-11-10-19-12-15(21)13-5-3-4-6-14(13)18;/h3-6,15,19H,2,7-12H2,1H3,(H,20,22);1H. The number of hydrogen-bond acceptors (Lipinski definition) is 3. The lowest BCUT2D eigenvalue weighted by Crippen LogP contribution is -2.49. The van der Waals surface area contributed by atoms with Crippen molar-refractivity contribution in [1.82, 2.24) is 15.5 Å². The molecule has 2 rings (SSSR count). The van der Waals surface area contributed by atoms with Gasteiger partial charge in [0.25, 0.3) is 0 Å². The smallest absolute Gasteiger partial charge is 0.223 e. The van der Waals surface area contributed by atoms with Gasteiger partial charge in [0.15, 0.2) is 0 Å². The summed E-state index contributed by atoms with van der Waals surface area (Å²) in [6.45, 7) is 4.72. The first-order valence-corrected chi connectivity index (χ1v) is 8.52. The van der Waals surface area contributed by atoms with Crippen molar-refractivity contribution < 1.29 is 9.59 Å². The summed E-state index contributed by atoms with van der Waals surface area (Å²) in [6.07, 6.45) is 1.36. The highest BCUT2D eigenvalue weighted by atomic mass is 35.5. The molecule has 1 unspecified atom stereocenters. The third-order valence-electron chi connectivity index (χ3n) is 3.97. The second kappa shape index (κ2) is 10.5. The first-order valence-electron chi connectivity index (χ1n) is 8.14. The lowest BCUT2D eigenvalue weighted by atomic mass is 10.0. The Hall–Kier alpha value is -1.30. The molecule has 1 atom stereocenters. The van der Waals surface area contributed by atoms with Crippen molar-refractivity contribution in [3.05, 3.63) is 34.9 Å². The number of benzene rings is 1. The maximum absolute atomic E-state index is 12.5. The van der Waals surface area contributed by atoms with E-state index in [1.54, 1.807) is 0 Å². The predicted octanol–water partition coefficient (Wildman–Crippen LogP) is 2.54. The molecule has 0 saturated carbocycles. The molecule has 0 bridgehead atoms. The van der Waals surface area contributed by atoms with Gasteiger partial charge < -0.3 is 15.5 Å². The van der Waals surface area contributed by atoms with Crippen LogP contribution in [0.2, 0.25) is 5.02 Å². The van der Waals surface area contributed by atoms with Gasteiger partial charge in [0, 0.05) is 44.0 Å².